The van der Waals surface area contributed by atoms with Crippen molar-refractivity contribution in [3.05, 3.63) is 77.2 Å². The summed E-state index contributed by atoms with van der Waals surface area (Å²) in [7, 11) is -4.09. The maximum absolute atomic E-state index is 14.7. The second-order valence-electron chi connectivity index (χ2n) is 6.57. The molecule has 10 heteroatoms. The van der Waals surface area contributed by atoms with Crippen molar-refractivity contribution in [2.75, 3.05) is 10.0 Å². The fraction of sp³-hybridized carbons (Fsp3) is 0.100. The van der Waals surface area contributed by atoms with Gasteiger partial charge in [-0.1, -0.05) is 18.2 Å². The monoisotopic (exact) mass is 443 g/mol. The van der Waals surface area contributed by atoms with Crippen LogP contribution in [0.3, 0.4) is 0 Å². The highest BCUT2D eigenvalue weighted by Crippen LogP contribution is 2.26. The number of nitrogens with one attached hydrogen (secondary N) is 2. The number of hydrogen-bond donors (Lipinski definition) is 2. The van der Waals surface area contributed by atoms with Crippen LogP contribution < -0.4 is 10.0 Å². The summed E-state index contributed by atoms with van der Waals surface area (Å²) in [5, 5.41) is 7.74. The standard InChI is InChI=1S/C20H18FN5O2S2/c1-13-10-19(26(24-13)16-6-4-3-5-7-16)23-15-8-9-18(17(21)11-15)30(27,28)25-20-22-12-14(2)29-20/h3-12,23H,1-2H3,(H,22,25). The Morgan fingerprint density at radius 2 is 1.83 bits per heavy atom. The van der Waals surface area contributed by atoms with Gasteiger partial charge in [-0.25, -0.2) is 22.5 Å². The minimum atomic E-state index is -4.09. The molecule has 2 aromatic carbocycles. The molecule has 0 radical (unpaired) electrons. The smallest absolute Gasteiger partial charge is 0.266 e. The van der Waals surface area contributed by atoms with Gasteiger partial charge in [0.1, 0.15) is 16.5 Å². The van der Waals surface area contributed by atoms with Gasteiger partial charge < -0.3 is 5.32 Å². The van der Waals surface area contributed by atoms with Crippen molar-refractivity contribution in [1.82, 2.24) is 14.8 Å². The van der Waals surface area contributed by atoms with Crippen LogP contribution in [0.15, 0.2) is 65.7 Å². The molecule has 0 saturated heterocycles. The Morgan fingerprint density at radius 1 is 1.07 bits per heavy atom. The summed E-state index contributed by atoms with van der Waals surface area (Å²) in [6, 6.07) is 15.2. The van der Waals surface area contributed by atoms with Crippen LogP contribution in [0.2, 0.25) is 0 Å². The number of hydrogen-bond acceptors (Lipinski definition) is 6. The summed E-state index contributed by atoms with van der Waals surface area (Å²) in [6.45, 7) is 3.66. The Morgan fingerprint density at radius 3 is 2.50 bits per heavy atom. The molecule has 4 rings (SSSR count). The number of aryl methyl sites for hydroxylation is 2. The van der Waals surface area contributed by atoms with Crippen molar-refractivity contribution >= 4 is 38.0 Å². The van der Waals surface area contributed by atoms with Gasteiger partial charge in [0.25, 0.3) is 10.0 Å². The van der Waals surface area contributed by atoms with E-state index in [1.807, 2.05) is 43.3 Å². The van der Waals surface area contributed by atoms with Crippen LogP contribution >= 0.6 is 11.3 Å². The second-order valence-corrected chi connectivity index (χ2v) is 9.46. The van der Waals surface area contributed by atoms with E-state index < -0.39 is 20.7 Å². The summed E-state index contributed by atoms with van der Waals surface area (Å²) in [6.07, 6.45) is 1.55. The Labute approximate surface area is 177 Å². The lowest BCUT2D eigenvalue weighted by Crippen LogP contribution is -2.14. The molecule has 0 saturated carbocycles. The number of sulfonamides is 1. The maximum Gasteiger partial charge on any atom is 0.266 e. The fourth-order valence-corrected chi connectivity index (χ4v) is 4.84. The minimum absolute atomic E-state index is 0.191. The molecular weight excluding hydrogens is 425 g/mol. The molecule has 0 spiro atoms. The number of thiazole rings is 1. The zero-order valence-electron chi connectivity index (χ0n) is 16.1. The van der Waals surface area contributed by atoms with E-state index in [0.29, 0.717) is 11.5 Å². The van der Waals surface area contributed by atoms with Crippen LogP contribution in [-0.2, 0) is 10.0 Å². The fourth-order valence-electron chi connectivity index (χ4n) is 2.87. The highest BCUT2D eigenvalue weighted by atomic mass is 32.2. The van der Waals surface area contributed by atoms with Gasteiger partial charge in [-0.05, 0) is 44.2 Å². The van der Waals surface area contributed by atoms with Gasteiger partial charge in [-0.3, -0.25) is 4.72 Å². The topological polar surface area (TPSA) is 88.9 Å². The van der Waals surface area contributed by atoms with Crippen LogP contribution in [-0.4, -0.2) is 23.2 Å². The first kappa shape index (κ1) is 20.0. The zero-order valence-corrected chi connectivity index (χ0v) is 17.8. The molecule has 7 nitrogen and oxygen atoms in total. The predicted molar refractivity (Wildman–Crippen MR) is 116 cm³/mol. The van der Waals surface area contributed by atoms with Gasteiger partial charge in [0.15, 0.2) is 5.13 Å². The first-order valence-corrected chi connectivity index (χ1v) is 11.3. The van der Waals surface area contributed by atoms with E-state index in [1.165, 1.54) is 23.5 Å². The molecule has 2 N–H and O–H groups in total. The third-order valence-corrected chi connectivity index (χ3v) is 6.50. The summed E-state index contributed by atoms with van der Waals surface area (Å²) >= 11 is 1.18. The van der Waals surface area contributed by atoms with Gasteiger partial charge in [0, 0.05) is 22.8 Å². The summed E-state index contributed by atoms with van der Waals surface area (Å²) in [5.41, 5.74) is 2.02. The highest BCUT2D eigenvalue weighted by Gasteiger charge is 2.21. The Kier molecular flexibility index (Phi) is 5.27. The lowest BCUT2D eigenvalue weighted by molar-refractivity contribution is 0.570. The van der Waals surface area contributed by atoms with E-state index in [-0.39, 0.29) is 5.13 Å². The molecule has 2 aromatic heterocycles. The van der Waals surface area contributed by atoms with Crippen molar-refractivity contribution in [2.24, 2.45) is 0 Å². The quantitative estimate of drug-likeness (QED) is 0.454. The average molecular weight is 444 g/mol. The first-order chi connectivity index (χ1) is 14.3. The van der Waals surface area contributed by atoms with Crippen molar-refractivity contribution in [1.29, 1.82) is 0 Å². The van der Waals surface area contributed by atoms with E-state index in [4.69, 9.17) is 0 Å². The molecule has 0 bridgehead atoms. The molecule has 0 aliphatic carbocycles. The molecule has 154 valence electrons. The van der Waals surface area contributed by atoms with Crippen molar-refractivity contribution in [3.8, 4) is 5.69 Å². The minimum Gasteiger partial charge on any atom is -0.340 e. The molecule has 0 unspecified atom stereocenters. The SMILES string of the molecule is Cc1cc(Nc2ccc(S(=O)(=O)Nc3ncc(C)s3)c(F)c2)n(-c2ccccc2)n1. The molecule has 0 atom stereocenters. The van der Waals surface area contributed by atoms with Crippen molar-refractivity contribution in [3.63, 3.8) is 0 Å². The predicted octanol–water partition coefficient (Wildman–Crippen LogP) is 4.63. The van der Waals surface area contributed by atoms with Gasteiger partial charge in [0.2, 0.25) is 0 Å². The van der Waals surface area contributed by atoms with Crippen molar-refractivity contribution in [2.45, 2.75) is 18.7 Å². The Bertz CT molecular complexity index is 1300. The molecular formula is C20H18FN5O2S2. The number of para-hydroxylation sites is 1. The lowest BCUT2D eigenvalue weighted by atomic mass is 10.3. The van der Waals surface area contributed by atoms with E-state index in [9.17, 15) is 12.8 Å². The first-order valence-electron chi connectivity index (χ1n) is 8.96. The average Bonchev–Trinajstić information content (AvgIpc) is 3.26. The van der Waals surface area contributed by atoms with E-state index >= 15 is 0 Å². The van der Waals surface area contributed by atoms with Crippen LogP contribution in [0.1, 0.15) is 10.6 Å². The number of rotatable bonds is 6. The van der Waals surface area contributed by atoms with Gasteiger partial charge in [-0.2, -0.15) is 5.10 Å². The molecule has 0 aliphatic rings. The number of halogens is 1. The largest absolute Gasteiger partial charge is 0.340 e. The van der Waals surface area contributed by atoms with Crippen LogP contribution in [0, 0.1) is 19.7 Å². The maximum atomic E-state index is 14.7. The van der Waals surface area contributed by atoms with E-state index in [1.54, 1.807) is 17.8 Å². The second kappa shape index (κ2) is 7.88. The number of anilines is 3. The van der Waals surface area contributed by atoms with Crippen molar-refractivity contribution < 1.29 is 12.8 Å². The molecule has 0 fully saturated rings. The normalized spacial score (nSPS) is 11.4. The third kappa shape index (κ3) is 4.19. The Hall–Kier alpha value is -3.24. The Balaban J connectivity index is 1.60. The molecule has 4 aromatic rings. The number of nitrogens with zero attached hydrogens (tertiary/aromatic N) is 3. The van der Waals surface area contributed by atoms with E-state index in [2.05, 4.69) is 20.1 Å². The molecule has 30 heavy (non-hydrogen) atoms. The van der Waals surface area contributed by atoms with Gasteiger partial charge >= 0.3 is 0 Å². The van der Waals surface area contributed by atoms with Crippen LogP contribution in [0.25, 0.3) is 5.69 Å². The summed E-state index contributed by atoms with van der Waals surface area (Å²) < 4.78 is 43.7. The third-order valence-electron chi connectivity index (χ3n) is 4.17. The van der Waals surface area contributed by atoms with Gasteiger partial charge in [-0.15, -0.1) is 11.3 Å². The highest BCUT2D eigenvalue weighted by molar-refractivity contribution is 7.93. The zero-order chi connectivity index (χ0) is 21.3. The molecule has 2 heterocycles. The summed E-state index contributed by atoms with van der Waals surface area (Å²) in [4.78, 5) is 4.35. The number of benzene rings is 2. The molecule has 0 aliphatic heterocycles. The summed E-state index contributed by atoms with van der Waals surface area (Å²) in [5.74, 6) is -0.242. The van der Waals surface area contributed by atoms with E-state index in [0.717, 1.165) is 22.3 Å². The van der Waals surface area contributed by atoms with Gasteiger partial charge in [0.05, 0.1) is 11.4 Å². The van der Waals surface area contributed by atoms with Crippen LogP contribution in [0.5, 0.6) is 0 Å². The van der Waals surface area contributed by atoms with Crippen LogP contribution in [0.4, 0.5) is 21.0 Å². The molecule has 0 amide bonds. The lowest BCUT2D eigenvalue weighted by Gasteiger charge is -2.11. The number of aromatic nitrogens is 3.